The van der Waals surface area contributed by atoms with Crippen LogP contribution in [0.4, 0.5) is 0 Å². The van der Waals surface area contributed by atoms with E-state index in [1.165, 1.54) is 13.0 Å². The van der Waals surface area contributed by atoms with E-state index in [1.807, 2.05) is 27.7 Å². The number of hydrogen-bond donors (Lipinski definition) is 2. The van der Waals surface area contributed by atoms with Gasteiger partial charge >= 0.3 is 0 Å². The molecule has 2 aliphatic heterocycles. The lowest BCUT2D eigenvalue weighted by atomic mass is 9.88. The van der Waals surface area contributed by atoms with Gasteiger partial charge in [-0.05, 0) is 65.6 Å². The fraction of sp³-hybridized carbons (Fsp3) is 0.929. The van der Waals surface area contributed by atoms with Crippen LogP contribution in [0.15, 0.2) is 0 Å². The molecule has 104 valence electrons. The first-order valence-corrected chi connectivity index (χ1v) is 7.13. The molecule has 3 unspecified atom stereocenters. The smallest absolute Gasteiger partial charge is 0.237 e. The van der Waals surface area contributed by atoms with Gasteiger partial charge in [0.15, 0.2) is 0 Å². The van der Waals surface area contributed by atoms with Crippen LogP contribution >= 0.6 is 0 Å². The number of nitrogens with zero attached hydrogens (tertiary/aromatic N) is 1. The number of hydrogen-bond acceptors (Lipinski definition) is 3. The number of fused-ring (bicyclic) bond motifs is 1. The Morgan fingerprint density at radius 1 is 1.33 bits per heavy atom. The zero-order valence-corrected chi connectivity index (χ0v) is 12.1. The molecule has 2 aliphatic rings. The van der Waals surface area contributed by atoms with Gasteiger partial charge in [0.05, 0.1) is 6.04 Å². The highest BCUT2D eigenvalue weighted by atomic mass is 16.2. The molecule has 2 heterocycles. The lowest BCUT2D eigenvalue weighted by Crippen LogP contribution is -2.54. The molecule has 0 aromatic heterocycles. The SMILES string of the molecule is CC(C(=O)NC(C)(C)C)N1CCC2CNCC2C1. The van der Waals surface area contributed by atoms with Crippen molar-refractivity contribution in [3.63, 3.8) is 0 Å². The van der Waals surface area contributed by atoms with Crippen molar-refractivity contribution in [1.29, 1.82) is 0 Å². The van der Waals surface area contributed by atoms with Gasteiger partial charge in [0.25, 0.3) is 0 Å². The highest BCUT2D eigenvalue weighted by molar-refractivity contribution is 5.81. The summed E-state index contributed by atoms with van der Waals surface area (Å²) < 4.78 is 0. The number of rotatable bonds is 2. The molecule has 2 rings (SSSR count). The monoisotopic (exact) mass is 253 g/mol. The third-order valence-electron chi connectivity index (χ3n) is 4.16. The summed E-state index contributed by atoms with van der Waals surface area (Å²) in [6.07, 6.45) is 1.23. The van der Waals surface area contributed by atoms with Crippen molar-refractivity contribution in [2.45, 2.75) is 45.7 Å². The Hall–Kier alpha value is -0.610. The molecule has 0 radical (unpaired) electrons. The van der Waals surface area contributed by atoms with Gasteiger partial charge in [-0.2, -0.15) is 0 Å². The van der Waals surface area contributed by atoms with Gasteiger partial charge in [-0.25, -0.2) is 0 Å². The van der Waals surface area contributed by atoms with Crippen LogP contribution in [-0.2, 0) is 4.79 Å². The number of amides is 1. The number of nitrogens with one attached hydrogen (secondary N) is 2. The van der Waals surface area contributed by atoms with E-state index in [9.17, 15) is 4.79 Å². The minimum atomic E-state index is -0.140. The summed E-state index contributed by atoms with van der Waals surface area (Å²) in [6.45, 7) is 12.5. The van der Waals surface area contributed by atoms with Crippen LogP contribution in [0.3, 0.4) is 0 Å². The Kier molecular flexibility index (Phi) is 3.97. The van der Waals surface area contributed by atoms with Crippen molar-refractivity contribution in [1.82, 2.24) is 15.5 Å². The van der Waals surface area contributed by atoms with Crippen LogP contribution in [0.2, 0.25) is 0 Å². The molecule has 0 aromatic rings. The molecule has 3 atom stereocenters. The first-order valence-electron chi connectivity index (χ1n) is 7.13. The van der Waals surface area contributed by atoms with Crippen molar-refractivity contribution >= 4 is 5.91 Å². The predicted octanol–water partition coefficient (Wildman–Crippen LogP) is 0.831. The number of likely N-dealkylation sites (tertiary alicyclic amines) is 1. The standard InChI is InChI=1S/C14H27N3O/c1-10(13(18)16-14(2,3)4)17-6-5-11-7-15-8-12(11)9-17/h10-12,15H,5-9H2,1-4H3,(H,16,18). The second-order valence-electron chi connectivity index (χ2n) is 6.88. The van der Waals surface area contributed by atoms with Gasteiger partial charge in [0, 0.05) is 12.1 Å². The summed E-state index contributed by atoms with van der Waals surface area (Å²) >= 11 is 0. The lowest BCUT2D eigenvalue weighted by molar-refractivity contribution is -0.128. The van der Waals surface area contributed by atoms with Crippen LogP contribution in [0.25, 0.3) is 0 Å². The topological polar surface area (TPSA) is 44.4 Å². The van der Waals surface area contributed by atoms with Crippen LogP contribution in [0, 0.1) is 11.8 Å². The number of piperidine rings is 1. The first kappa shape index (κ1) is 13.8. The summed E-state index contributed by atoms with van der Waals surface area (Å²) in [6, 6.07) is -0.00854. The molecular weight excluding hydrogens is 226 g/mol. The molecule has 0 saturated carbocycles. The maximum Gasteiger partial charge on any atom is 0.237 e. The molecule has 2 N–H and O–H groups in total. The molecule has 0 aromatic carbocycles. The summed E-state index contributed by atoms with van der Waals surface area (Å²) in [7, 11) is 0. The molecular formula is C14H27N3O. The zero-order valence-electron chi connectivity index (χ0n) is 12.1. The molecule has 4 heteroatoms. The highest BCUT2D eigenvalue weighted by Gasteiger charge is 2.36. The Balaban J connectivity index is 1.89. The van der Waals surface area contributed by atoms with Crippen LogP contribution in [0.5, 0.6) is 0 Å². The van der Waals surface area contributed by atoms with Gasteiger partial charge in [-0.3, -0.25) is 9.69 Å². The van der Waals surface area contributed by atoms with E-state index < -0.39 is 0 Å². The van der Waals surface area contributed by atoms with Crippen LogP contribution in [0.1, 0.15) is 34.1 Å². The summed E-state index contributed by atoms with van der Waals surface area (Å²) in [5.41, 5.74) is -0.140. The maximum atomic E-state index is 12.2. The van der Waals surface area contributed by atoms with Crippen LogP contribution in [-0.4, -0.2) is 48.6 Å². The van der Waals surface area contributed by atoms with Gasteiger partial charge < -0.3 is 10.6 Å². The average molecular weight is 253 g/mol. The summed E-state index contributed by atoms with van der Waals surface area (Å²) in [5, 5.41) is 6.54. The zero-order chi connectivity index (χ0) is 13.3. The first-order chi connectivity index (χ1) is 8.37. The van der Waals surface area contributed by atoms with E-state index in [4.69, 9.17) is 0 Å². The van der Waals surface area contributed by atoms with E-state index in [-0.39, 0.29) is 17.5 Å². The predicted molar refractivity (Wildman–Crippen MR) is 73.4 cm³/mol. The Morgan fingerprint density at radius 3 is 2.67 bits per heavy atom. The van der Waals surface area contributed by atoms with Crippen molar-refractivity contribution < 1.29 is 4.79 Å². The van der Waals surface area contributed by atoms with Crippen LogP contribution < -0.4 is 10.6 Å². The highest BCUT2D eigenvalue weighted by Crippen LogP contribution is 2.27. The molecule has 2 saturated heterocycles. The van der Waals surface area contributed by atoms with Gasteiger partial charge in [-0.1, -0.05) is 0 Å². The maximum absolute atomic E-state index is 12.2. The Labute approximate surface area is 110 Å². The second-order valence-corrected chi connectivity index (χ2v) is 6.88. The minimum Gasteiger partial charge on any atom is -0.350 e. The fourth-order valence-electron chi connectivity index (χ4n) is 3.05. The molecule has 0 spiro atoms. The molecule has 18 heavy (non-hydrogen) atoms. The van der Waals surface area contributed by atoms with E-state index in [1.54, 1.807) is 0 Å². The van der Waals surface area contributed by atoms with Gasteiger partial charge in [0.2, 0.25) is 5.91 Å². The van der Waals surface area contributed by atoms with E-state index in [0.717, 1.165) is 31.5 Å². The molecule has 2 fully saturated rings. The lowest BCUT2D eigenvalue weighted by Gasteiger charge is -2.38. The molecule has 4 nitrogen and oxygen atoms in total. The number of carbonyl (C=O) groups excluding carboxylic acids is 1. The van der Waals surface area contributed by atoms with Crippen molar-refractivity contribution in [3.05, 3.63) is 0 Å². The summed E-state index contributed by atoms with van der Waals surface area (Å²) in [5.74, 6) is 1.73. The van der Waals surface area contributed by atoms with Crippen molar-refractivity contribution in [2.75, 3.05) is 26.2 Å². The van der Waals surface area contributed by atoms with Crippen molar-refractivity contribution in [2.24, 2.45) is 11.8 Å². The quantitative estimate of drug-likeness (QED) is 0.766. The second kappa shape index (κ2) is 5.17. The van der Waals surface area contributed by atoms with E-state index in [0.29, 0.717) is 0 Å². The third-order valence-corrected chi connectivity index (χ3v) is 4.16. The average Bonchev–Trinajstić information content (AvgIpc) is 2.72. The fourth-order valence-corrected chi connectivity index (χ4v) is 3.05. The largest absolute Gasteiger partial charge is 0.350 e. The molecule has 0 aliphatic carbocycles. The normalized spacial score (nSPS) is 30.9. The van der Waals surface area contributed by atoms with Gasteiger partial charge in [0.1, 0.15) is 0 Å². The van der Waals surface area contributed by atoms with Crippen molar-refractivity contribution in [3.8, 4) is 0 Å². The Bertz CT molecular complexity index is 311. The number of carbonyl (C=O) groups is 1. The third kappa shape index (κ3) is 3.23. The summed E-state index contributed by atoms with van der Waals surface area (Å²) in [4.78, 5) is 14.5. The Morgan fingerprint density at radius 2 is 2.00 bits per heavy atom. The van der Waals surface area contributed by atoms with Gasteiger partial charge in [-0.15, -0.1) is 0 Å². The minimum absolute atomic E-state index is 0.00854. The molecule has 0 bridgehead atoms. The molecule has 1 amide bonds. The van der Waals surface area contributed by atoms with E-state index in [2.05, 4.69) is 15.5 Å². The van der Waals surface area contributed by atoms with E-state index >= 15 is 0 Å².